The molecule has 3 heterocycles. The van der Waals surface area contributed by atoms with Crippen molar-refractivity contribution in [3.8, 4) is 11.3 Å². The molecule has 5 rings (SSSR count). The Kier molecular flexibility index (Phi) is 4.85. The normalized spacial score (nSPS) is 13.2. The molecule has 2 aromatic carbocycles. The van der Waals surface area contributed by atoms with Crippen LogP contribution in [0, 0.1) is 6.92 Å². The van der Waals surface area contributed by atoms with Crippen molar-refractivity contribution in [3.63, 3.8) is 0 Å². The maximum Gasteiger partial charge on any atom is 0.255 e. The Bertz CT molecular complexity index is 1240. The number of hydrogen-bond acceptors (Lipinski definition) is 5. The fourth-order valence-electron chi connectivity index (χ4n) is 3.46. The first-order chi connectivity index (χ1) is 14.7. The number of benzene rings is 2. The van der Waals surface area contributed by atoms with Crippen LogP contribution in [0.25, 0.3) is 22.2 Å². The van der Waals surface area contributed by atoms with Crippen LogP contribution in [0.5, 0.6) is 0 Å². The topological polar surface area (TPSA) is 58.1 Å². The lowest BCUT2D eigenvalue weighted by molar-refractivity contribution is 0.102. The van der Waals surface area contributed by atoms with Crippen LogP contribution in [0.1, 0.15) is 15.9 Å². The standard InChI is InChI=1S/C24H20N4OS/c1-16-2-6-19(14-21(16)23-9-5-18-15-25-11-10-22(18)27-23)26-24(29)17-3-7-20(8-4-17)28-12-13-30-28/h2-11,14-15H,12-13H2,1H3,(H,26,29). The Morgan fingerprint density at radius 1 is 1.07 bits per heavy atom. The van der Waals surface area contributed by atoms with Gasteiger partial charge in [0.2, 0.25) is 0 Å². The molecule has 148 valence electrons. The van der Waals surface area contributed by atoms with Gasteiger partial charge >= 0.3 is 0 Å². The van der Waals surface area contributed by atoms with E-state index in [0.29, 0.717) is 5.56 Å². The van der Waals surface area contributed by atoms with Gasteiger partial charge in [-0.1, -0.05) is 6.07 Å². The lowest BCUT2D eigenvalue weighted by Crippen LogP contribution is -2.28. The number of rotatable bonds is 4. The minimum atomic E-state index is -0.120. The highest BCUT2D eigenvalue weighted by Gasteiger charge is 2.16. The minimum absolute atomic E-state index is 0.120. The van der Waals surface area contributed by atoms with Gasteiger partial charge in [0.1, 0.15) is 0 Å². The largest absolute Gasteiger partial charge is 0.322 e. The zero-order valence-electron chi connectivity index (χ0n) is 16.5. The minimum Gasteiger partial charge on any atom is -0.322 e. The van der Waals surface area contributed by atoms with E-state index < -0.39 is 0 Å². The molecule has 1 fully saturated rings. The highest BCUT2D eigenvalue weighted by atomic mass is 32.2. The predicted molar refractivity (Wildman–Crippen MR) is 124 cm³/mol. The number of amides is 1. The second-order valence-electron chi connectivity index (χ2n) is 7.23. The Morgan fingerprint density at radius 3 is 2.67 bits per heavy atom. The first kappa shape index (κ1) is 18.6. The Morgan fingerprint density at radius 2 is 1.90 bits per heavy atom. The van der Waals surface area contributed by atoms with Crippen molar-refractivity contribution in [3.05, 3.63) is 84.2 Å². The number of anilines is 2. The molecule has 6 heteroatoms. The van der Waals surface area contributed by atoms with Gasteiger partial charge in [-0.05, 0) is 79.0 Å². The fourth-order valence-corrected chi connectivity index (χ4v) is 4.10. The molecule has 0 unspecified atom stereocenters. The average Bonchev–Trinajstić information content (AvgIpc) is 2.74. The monoisotopic (exact) mass is 412 g/mol. The quantitative estimate of drug-likeness (QED) is 0.459. The summed E-state index contributed by atoms with van der Waals surface area (Å²) in [6.45, 7) is 3.10. The molecule has 0 bridgehead atoms. The summed E-state index contributed by atoms with van der Waals surface area (Å²) in [5.41, 5.74) is 6.40. The number of hydrogen-bond donors (Lipinski definition) is 1. The summed E-state index contributed by atoms with van der Waals surface area (Å²) in [6, 6.07) is 19.6. The van der Waals surface area contributed by atoms with E-state index in [1.54, 1.807) is 18.1 Å². The van der Waals surface area contributed by atoms with Gasteiger partial charge in [0.15, 0.2) is 0 Å². The zero-order chi connectivity index (χ0) is 20.5. The zero-order valence-corrected chi connectivity index (χ0v) is 17.3. The molecule has 0 saturated carbocycles. The molecule has 0 atom stereocenters. The van der Waals surface area contributed by atoms with Gasteiger partial charge in [0.25, 0.3) is 5.91 Å². The van der Waals surface area contributed by atoms with Crippen molar-refractivity contribution in [2.24, 2.45) is 0 Å². The van der Waals surface area contributed by atoms with E-state index in [1.165, 1.54) is 0 Å². The molecule has 1 amide bonds. The molecule has 1 saturated heterocycles. The number of fused-ring (bicyclic) bond motifs is 1. The van der Waals surface area contributed by atoms with E-state index in [0.717, 1.165) is 51.4 Å². The number of aromatic nitrogens is 2. The third kappa shape index (κ3) is 3.62. The van der Waals surface area contributed by atoms with Crippen LogP contribution in [0.2, 0.25) is 0 Å². The fraction of sp³-hybridized carbons (Fsp3) is 0.125. The summed E-state index contributed by atoms with van der Waals surface area (Å²) in [7, 11) is 0. The van der Waals surface area contributed by atoms with Crippen LogP contribution in [-0.2, 0) is 0 Å². The van der Waals surface area contributed by atoms with Crippen LogP contribution < -0.4 is 9.62 Å². The van der Waals surface area contributed by atoms with Gasteiger partial charge in [0.05, 0.1) is 11.2 Å². The number of nitrogens with zero attached hydrogens (tertiary/aromatic N) is 3. The van der Waals surface area contributed by atoms with Crippen molar-refractivity contribution in [1.29, 1.82) is 0 Å². The summed E-state index contributed by atoms with van der Waals surface area (Å²) < 4.78 is 2.22. The van der Waals surface area contributed by atoms with Crippen LogP contribution in [0.4, 0.5) is 11.4 Å². The summed E-state index contributed by atoms with van der Waals surface area (Å²) in [4.78, 5) is 21.6. The van der Waals surface area contributed by atoms with Crippen LogP contribution in [0.3, 0.4) is 0 Å². The molecule has 0 aliphatic carbocycles. The van der Waals surface area contributed by atoms with Gasteiger partial charge in [-0.3, -0.25) is 9.78 Å². The molecule has 1 N–H and O–H groups in total. The van der Waals surface area contributed by atoms with Gasteiger partial charge in [0, 0.05) is 52.6 Å². The highest BCUT2D eigenvalue weighted by molar-refractivity contribution is 8.02. The summed E-state index contributed by atoms with van der Waals surface area (Å²) >= 11 is 1.80. The van der Waals surface area contributed by atoms with Crippen molar-refractivity contribution in [2.75, 3.05) is 21.9 Å². The third-order valence-corrected chi connectivity index (χ3v) is 6.29. The molecular weight excluding hydrogens is 392 g/mol. The SMILES string of the molecule is Cc1ccc(NC(=O)c2ccc(N3CCS3)cc2)cc1-c1ccc2cnccc2n1. The van der Waals surface area contributed by atoms with E-state index in [2.05, 4.69) is 14.6 Å². The van der Waals surface area contributed by atoms with Gasteiger partial charge in [-0.15, -0.1) is 0 Å². The average molecular weight is 413 g/mol. The van der Waals surface area contributed by atoms with E-state index >= 15 is 0 Å². The second-order valence-corrected chi connectivity index (χ2v) is 8.34. The Labute approximate surface area is 179 Å². The number of nitrogens with one attached hydrogen (secondary N) is 1. The third-order valence-electron chi connectivity index (χ3n) is 5.22. The smallest absolute Gasteiger partial charge is 0.255 e. The molecule has 0 spiro atoms. The summed E-state index contributed by atoms with van der Waals surface area (Å²) in [6.07, 6.45) is 3.55. The summed E-state index contributed by atoms with van der Waals surface area (Å²) in [5.74, 6) is 1.03. The molecule has 1 aliphatic rings. The van der Waals surface area contributed by atoms with Crippen LogP contribution in [-0.4, -0.2) is 28.2 Å². The Balaban J connectivity index is 1.39. The van der Waals surface area contributed by atoms with E-state index in [9.17, 15) is 4.79 Å². The number of carbonyl (C=O) groups is 1. The lowest BCUT2D eigenvalue weighted by atomic mass is 10.0. The Hall–Kier alpha value is -3.38. The first-order valence-corrected chi connectivity index (χ1v) is 10.8. The lowest BCUT2D eigenvalue weighted by Gasteiger charge is -2.31. The maximum atomic E-state index is 12.7. The molecule has 1 aliphatic heterocycles. The van der Waals surface area contributed by atoms with E-state index in [1.807, 2.05) is 73.8 Å². The molecular formula is C24H20N4OS. The van der Waals surface area contributed by atoms with E-state index in [-0.39, 0.29) is 5.91 Å². The van der Waals surface area contributed by atoms with Gasteiger partial charge in [-0.25, -0.2) is 4.98 Å². The van der Waals surface area contributed by atoms with Crippen LogP contribution >= 0.6 is 11.9 Å². The van der Waals surface area contributed by atoms with Gasteiger partial charge < -0.3 is 9.62 Å². The molecule has 0 radical (unpaired) electrons. The molecule has 2 aromatic heterocycles. The highest BCUT2D eigenvalue weighted by Crippen LogP contribution is 2.30. The van der Waals surface area contributed by atoms with Gasteiger partial charge in [-0.2, -0.15) is 0 Å². The van der Waals surface area contributed by atoms with E-state index in [4.69, 9.17) is 4.98 Å². The van der Waals surface area contributed by atoms with Crippen molar-refractivity contribution < 1.29 is 4.79 Å². The second kappa shape index (κ2) is 7.80. The summed E-state index contributed by atoms with van der Waals surface area (Å²) in [5, 5.41) is 4.02. The van der Waals surface area contributed by atoms with Crippen molar-refractivity contribution in [2.45, 2.75) is 6.92 Å². The molecule has 30 heavy (non-hydrogen) atoms. The number of pyridine rings is 2. The predicted octanol–water partition coefficient (Wildman–Crippen LogP) is 5.33. The molecule has 4 aromatic rings. The maximum absolute atomic E-state index is 12.7. The van der Waals surface area contributed by atoms with Crippen LogP contribution in [0.15, 0.2) is 73.1 Å². The van der Waals surface area contributed by atoms with Crippen molar-refractivity contribution >= 4 is 40.1 Å². The van der Waals surface area contributed by atoms with Crippen molar-refractivity contribution in [1.82, 2.24) is 9.97 Å². The first-order valence-electron chi connectivity index (χ1n) is 9.81. The number of carbonyl (C=O) groups excluding carboxylic acids is 1. The number of aryl methyl sites for hydroxylation is 1. The molecule has 5 nitrogen and oxygen atoms in total.